The first kappa shape index (κ1) is 21.3. The van der Waals surface area contributed by atoms with Gasteiger partial charge in [0.25, 0.3) is 0 Å². The zero-order valence-corrected chi connectivity index (χ0v) is 17.6. The van der Waals surface area contributed by atoms with Gasteiger partial charge in [-0.2, -0.15) is 4.90 Å². The minimum absolute atomic E-state index is 0.127. The Hall–Kier alpha value is -2.05. The van der Waals surface area contributed by atoms with E-state index in [2.05, 4.69) is 4.98 Å². The van der Waals surface area contributed by atoms with Gasteiger partial charge in [0, 0.05) is 5.39 Å². The number of imide groups is 1. The zero-order chi connectivity index (χ0) is 20.6. The number of aromatic nitrogens is 1. The number of hydrogen-bond acceptors (Lipinski definition) is 5. The molecular formula is C19H22Cl2N2O4. The molecule has 0 N–H and O–H groups in total. The number of carbonyl (C=O) groups is 2. The van der Waals surface area contributed by atoms with Crippen LogP contribution in [0.1, 0.15) is 41.5 Å². The van der Waals surface area contributed by atoms with Gasteiger partial charge in [-0.3, -0.25) is 0 Å². The van der Waals surface area contributed by atoms with Crippen molar-refractivity contribution >= 4 is 52.0 Å². The van der Waals surface area contributed by atoms with Gasteiger partial charge in [-0.15, -0.1) is 0 Å². The Balaban J connectivity index is 2.66. The smallest absolute Gasteiger partial charge is 0.424 e. The van der Waals surface area contributed by atoms with Crippen molar-refractivity contribution < 1.29 is 19.1 Å². The van der Waals surface area contributed by atoms with E-state index in [0.717, 1.165) is 4.90 Å². The van der Waals surface area contributed by atoms with Gasteiger partial charge in [-0.1, -0.05) is 23.2 Å². The van der Waals surface area contributed by atoms with Gasteiger partial charge in [-0.25, -0.2) is 14.6 Å². The number of rotatable bonds is 1. The van der Waals surface area contributed by atoms with E-state index in [1.54, 1.807) is 59.7 Å². The molecule has 0 radical (unpaired) electrons. The standard InChI is InChI=1S/C19H22Cl2N2O4/c1-18(2,3)26-16(24)23(17(25)27-19(4,5)6)15-11-7-10-14(21)22-13(11)9-8-12(15)20/h7-10H,1-6H3. The predicted molar refractivity (Wildman–Crippen MR) is 107 cm³/mol. The molecule has 0 atom stereocenters. The first-order valence-electron chi connectivity index (χ1n) is 8.29. The zero-order valence-electron chi connectivity index (χ0n) is 16.1. The minimum Gasteiger partial charge on any atom is -0.443 e. The second kappa shape index (κ2) is 7.52. The van der Waals surface area contributed by atoms with Crippen LogP contribution >= 0.6 is 23.2 Å². The third-order valence-corrected chi connectivity index (χ3v) is 3.65. The molecule has 2 amide bonds. The van der Waals surface area contributed by atoms with Crippen molar-refractivity contribution in [3.63, 3.8) is 0 Å². The Morgan fingerprint density at radius 3 is 1.89 bits per heavy atom. The molecule has 0 unspecified atom stereocenters. The first-order valence-corrected chi connectivity index (χ1v) is 9.05. The molecule has 1 heterocycles. The van der Waals surface area contributed by atoms with Crippen LogP contribution in [-0.4, -0.2) is 28.4 Å². The number of nitrogens with zero attached hydrogens (tertiary/aromatic N) is 2. The molecule has 146 valence electrons. The van der Waals surface area contributed by atoms with Crippen molar-refractivity contribution in [2.75, 3.05) is 4.90 Å². The molecule has 6 nitrogen and oxygen atoms in total. The van der Waals surface area contributed by atoms with E-state index in [9.17, 15) is 9.59 Å². The van der Waals surface area contributed by atoms with E-state index in [-0.39, 0.29) is 15.9 Å². The van der Waals surface area contributed by atoms with Gasteiger partial charge in [0.1, 0.15) is 16.4 Å². The largest absolute Gasteiger partial charge is 0.443 e. The molecule has 0 saturated carbocycles. The van der Waals surface area contributed by atoms with Crippen LogP contribution in [0.5, 0.6) is 0 Å². The normalized spacial score (nSPS) is 12.0. The quantitative estimate of drug-likeness (QED) is 0.520. The van der Waals surface area contributed by atoms with E-state index in [4.69, 9.17) is 32.7 Å². The highest BCUT2D eigenvalue weighted by Crippen LogP contribution is 2.36. The molecule has 1 aromatic heterocycles. The number of fused-ring (bicyclic) bond motifs is 1. The summed E-state index contributed by atoms with van der Waals surface area (Å²) in [5.41, 5.74) is -1.05. The Labute approximate surface area is 168 Å². The third-order valence-electron chi connectivity index (χ3n) is 3.14. The highest BCUT2D eigenvalue weighted by molar-refractivity contribution is 6.37. The monoisotopic (exact) mass is 412 g/mol. The molecule has 0 aliphatic carbocycles. The molecule has 0 saturated heterocycles. The molecule has 0 spiro atoms. The minimum atomic E-state index is -0.902. The van der Waals surface area contributed by atoms with Gasteiger partial charge >= 0.3 is 12.2 Å². The molecule has 0 aliphatic rings. The lowest BCUT2D eigenvalue weighted by molar-refractivity contribution is 0.0431. The summed E-state index contributed by atoms with van der Waals surface area (Å²) in [6.45, 7) is 10.2. The number of halogens is 2. The summed E-state index contributed by atoms with van der Waals surface area (Å²) in [5, 5.41) is 0.906. The van der Waals surface area contributed by atoms with Gasteiger partial charge in [-0.05, 0) is 65.8 Å². The van der Waals surface area contributed by atoms with Crippen molar-refractivity contribution in [2.45, 2.75) is 52.7 Å². The van der Waals surface area contributed by atoms with Crippen molar-refractivity contribution in [2.24, 2.45) is 0 Å². The van der Waals surface area contributed by atoms with Crippen LogP contribution in [-0.2, 0) is 9.47 Å². The lowest BCUT2D eigenvalue weighted by atomic mass is 10.1. The Bertz CT molecular complexity index is 858. The molecule has 2 rings (SSSR count). The summed E-state index contributed by atoms with van der Waals surface area (Å²) < 4.78 is 10.8. The topological polar surface area (TPSA) is 68.7 Å². The van der Waals surface area contributed by atoms with Crippen LogP contribution in [0.25, 0.3) is 10.9 Å². The SMILES string of the molecule is CC(C)(C)OC(=O)N(C(=O)OC(C)(C)C)c1c(Cl)ccc2nc(Cl)ccc12. The summed E-state index contributed by atoms with van der Waals surface area (Å²) in [7, 11) is 0. The van der Waals surface area contributed by atoms with Crippen LogP contribution in [0.4, 0.5) is 15.3 Å². The maximum atomic E-state index is 12.8. The number of pyridine rings is 1. The predicted octanol–water partition coefficient (Wildman–Crippen LogP) is 6.22. The lowest BCUT2D eigenvalue weighted by Gasteiger charge is -2.29. The summed E-state index contributed by atoms with van der Waals surface area (Å²) in [4.78, 5) is 30.7. The van der Waals surface area contributed by atoms with E-state index in [1.165, 1.54) is 6.07 Å². The fraction of sp³-hybridized carbons (Fsp3) is 0.421. The summed E-state index contributed by atoms with van der Waals surface area (Å²) >= 11 is 12.3. The van der Waals surface area contributed by atoms with Crippen LogP contribution in [0.3, 0.4) is 0 Å². The number of benzene rings is 1. The van der Waals surface area contributed by atoms with E-state index < -0.39 is 23.4 Å². The summed E-state index contributed by atoms with van der Waals surface area (Å²) in [6.07, 6.45) is -1.80. The fourth-order valence-corrected chi connectivity index (χ4v) is 2.64. The molecule has 1 aromatic carbocycles. The second-order valence-electron chi connectivity index (χ2n) is 7.89. The molecule has 0 aliphatic heterocycles. The van der Waals surface area contributed by atoms with Gasteiger partial charge in [0.2, 0.25) is 0 Å². The first-order chi connectivity index (χ1) is 12.3. The molecule has 2 aromatic rings. The van der Waals surface area contributed by atoms with Crippen LogP contribution in [0, 0.1) is 0 Å². The molecule has 0 bridgehead atoms. The number of anilines is 1. The van der Waals surface area contributed by atoms with Crippen molar-refractivity contribution in [3.05, 3.63) is 34.4 Å². The molecule has 8 heteroatoms. The Morgan fingerprint density at radius 2 is 1.41 bits per heavy atom. The van der Waals surface area contributed by atoms with Crippen LogP contribution in [0.15, 0.2) is 24.3 Å². The maximum Gasteiger partial charge on any atom is 0.424 e. The van der Waals surface area contributed by atoms with Crippen LogP contribution in [0.2, 0.25) is 10.2 Å². The van der Waals surface area contributed by atoms with E-state index in [0.29, 0.717) is 10.9 Å². The third kappa shape index (κ3) is 5.47. The average Bonchev–Trinajstić information content (AvgIpc) is 2.46. The summed E-state index contributed by atoms with van der Waals surface area (Å²) in [5.74, 6) is 0. The highest BCUT2D eigenvalue weighted by atomic mass is 35.5. The van der Waals surface area contributed by atoms with Crippen molar-refractivity contribution in [1.29, 1.82) is 0 Å². The van der Waals surface area contributed by atoms with Gasteiger partial charge < -0.3 is 9.47 Å². The number of amides is 2. The highest BCUT2D eigenvalue weighted by Gasteiger charge is 2.35. The maximum absolute atomic E-state index is 12.8. The van der Waals surface area contributed by atoms with Crippen molar-refractivity contribution in [3.8, 4) is 0 Å². The Morgan fingerprint density at radius 1 is 0.889 bits per heavy atom. The fourth-order valence-electron chi connectivity index (χ4n) is 2.24. The lowest BCUT2D eigenvalue weighted by Crippen LogP contribution is -2.44. The van der Waals surface area contributed by atoms with E-state index >= 15 is 0 Å². The Kier molecular flexibility index (Phi) is 5.92. The molecule has 0 fully saturated rings. The second-order valence-corrected chi connectivity index (χ2v) is 8.69. The molecule has 27 heavy (non-hydrogen) atoms. The van der Waals surface area contributed by atoms with E-state index in [1.807, 2.05) is 0 Å². The number of ether oxygens (including phenoxy) is 2. The number of hydrogen-bond donors (Lipinski definition) is 0. The van der Waals surface area contributed by atoms with Gasteiger partial charge in [0.05, 0.1) is 16.2 Å². The van der Waals surface area contributed by atoms with Crippen molar-refractivity contribution in [1.82, 2.24) is 4.98 Å². The van der Waals surface area contributed by atoms with Crippen LogP contribution < -0.4 is 4.90 Å². The molecular weight excluding hydrogens is 391 g/mol. The van der Waals surface area contributed by atoms with Gasteiger partial charge in [0.15, 0.2) is 0 Å². The average molecular weight is 413 g/mol. The number of carbonyl (C=O) groups excluding carboxylic acids is 2. The summed E-state index contributed by atoms with van der Waals surface area (Å²) in [6, 6.07) is 6.36.